The lowest BCUT2D eigenvalue weighted by Crippen LogP contribution is -2.38. The zero-order valence-corrected chi connectivity index (χ0v) is 12.6. The molecule has 0 aliphatic heterocycles. The third-order valence-electron chi connectivity index (χ3n) is 2.60. The van der Waals surface area contributed by atoms with Crippen LogP contribution >= 0.6 is 0 Å². The lowest BCUT2D eigenvalue weighted by molar-refractivity contribution is 0.256. The number of carbonyl (C=O) groups excluding carboxylic acids is 1. The van der Waals surface area contributed by atoms with Crippen LogP contribution in [0.25, 0.3) is 0 Å². The Kier molecular flexibility index (Phi) is 4.84. The number of ether oxygens (including phenoxy) is 1. The number of nitrogens with one attached hydrogen (secondary N) is 3. The monoisotopic (exact) mass is 321 g/mol. The fourth-order valence-electron chi connectivity index (χ4n) is 1.64. The van der Waals surface area contributed by atoms with E-state index in [1.54, 1.807) is 54.6 Å². The van der Waals surface area contributed by atoms with E-state index in [2.05, 4.69) is 10.0 Å². The van der Waals surface area contributed by atoms with E-state index >= 15 is 0 Å². The summed E-state index contributed by atoms with van der Waals surface area (Å²) >= 11 is 0. The molecule has 0 heterocycles. The molecular weight excluding hydrogens is 306 g/mol. The minimum absolute atomic E-state index is 0.354. The number of carbonyl (C=O) groups is 1. The van der Waals surface area contributed by atoms with Gasteiger partial charge in [-0.3, -0.25) is 4.72 Å². The number of methoxy groups -OCH3 is 1. The quantitative estimate of drug-likeness (QED) is 0.786. The van der Waals surface area contributed by atoms with Crippen LogP contribution < -0.4 is 19.5 Å². The topological polar surface area (TPSA) is 96.5 Å². The van der Waals surface area contributed by atoms with Crippen LogP contribution in [0.3, 0.4) is 0 Å². The Hall–Kier alpha value is -2.74. The molecule has 0 unspecified atom stereocenters. The number of amides is 2. The lowest BCUT2D eigenvalue weighted by atomic mass is 10.3. The van der Waals surface area contributed by atoms with Crippen molar-refractivity contribution >= 4 is 27.6 Å². The Morgan fingerprint density at radius 3 is 2.18 bits per heavy atom. The van der Waals surface area contributed by atoms with Crippen molar-refractivity contribution in [3.8, 4) is 5.75 Å². The number of para-hydroxylation sites is 1. The van der Waals surface area contributed by atoms with Crippen molar-refractivity contribution in [2.24, 2.45) is 0 Å². The van der Waals surface area contributed by atoms with E-state index in [0.29, 0.717) is 17.1 Å². The number of benzene rings is 2. The van der Waals surface area contributed by atoms with Gasteiger partial charge in [-0.05, 0) is 36.4 Å². The molecule has 7 nitrogen and oxygen atoms in total. The highest BCUT2D eigenvalue weighted by Crippen LogP contribution is 2.14. The molecule has 3 N–H and O–H groups in total. The summed E-state index contributed by atoms with van der Waals surface area (Å²) in [6.07, 6.45) is 0. The van der Waals surface area contributed by atoms with Gasteiger partial charge in [-0.15, -0.1) is 0 Å². The van der Waals surface area contributed by atoms with Crippen LogP contribution in [0.15, 0.2) is 54.6 Å². The fraction of sp³-hybridized carbons (Fsp3) is 0.0714. The van der Waals surface area contributed by atoms with Gasteiger partial charge in [-0.2, -0.15) is 8.42 Å². The minimum atomic E-state index is -4.00. The summed E-state index contributed by atoms with van der Waals surface area (Å²) in [5, 5.41) is 2.41. The second-order valence-corrected chi connectivity index (χ2v) is 5.67. The van der Waals surface area contributed by atoms with Gasteiger partial charge in [0, 0.05) is 5.69 Å². The first-order chi connectivity index (χ1) is 10.5. The van der Waals surface area contributed by atoms with E-state index in [4.69, 9.17) is 4.74 Å². The Labute approximate surface area is 128 Å². The Bertz CT molecular complexity index is 730. The van der Waals surface area contributed by atoms with Gasteiger partial charge in [-0.25, -0.2) is 9.52 Å². The van der Waals surface area contributed by atoms with Crippen molar-refractivity contribution in [1.82, 2.24) is 4.72 Å². The molecule has 0 radical (unpaired) electrons. The molecule has 22 heavy (non-hydrogen) atoms. The molecule has 0 saturated heterocycles. The first-order valence-corrected chi connectivity index (χ1v) is 7.77. The molecule has 116 valence electrons. The number of anilines is 2. The van der Waals surface area contributed by atoms with E-state index in [1.165, 1.54) is 7.11 Å². The molecule has 2 aromatic rings. The van der Waals surface area contributed by atoms with Crippen LogP contribution in [0, 0.1) is 0 Å². The molecule has 0 aliphatic rings. The highest BCUT2D eigenvalue weighted by Gasteiger charge is 2.14. The van der Waals surface area contributed by atoms with E-state index < -0.39 is 16.2 Å². The predicted molar refractivity (Wildman–Crippen MR) is 84.1 cm³/mol. The Morgan fingerprint density at radius 2 is 1.59 bits per heavy atom. The van der Waals surface area contributed by atoms with E-state index in [9.17, 15) is 13.2 Å². The lowest BCUT2D eigenvalue weighted by Gasteiger charge is -2.10. The molecule has 0 saturated carbocycles. The van der Waals surface area contributed by atoms with Crippen LogP contribution in [-0.2, 0) is 10.2 Å². The summed E-state index contributed by atoms with van der Waals surface area (Å²) in [4.78, 5) is 11.7. The molecule has 0 atom stereocenters. The normalized spacial score (nSPS) is 10.6. The number of urea groups is 1. The van der Waals surface area contributed by atoms with Gasteiger partial charge in [0.1, 0.15) is 5.75 Å². The SMILES string of the molecule is COc1ccc(NC(=O)NS(=O)(=O)Nc2ccccc2)cc1. The summed E-state index contributed by atoms with van der Waals surface area (Å²) in [5.41, 5.74) is 0.792. The van der Waals surface area contributed by atoms with Gasteiger partial charge >= 0.3 is 16.2 Å². The van der Waals surface area contributed by atoms with Crippen LogP contribution in [0.1, 0.15) is 0 Å². The summed E-state index contributed by atoms with van der Waals surface area (Å²) in [6, 6.07) is 13.9. The first kappa shape index (κ1) is 15.6. The summed E-state index contributed by atoms with van der Waals surface area (Å²) in [6.45, 7) is 0. The fourth-order valence-corrected chi connectivity index (χ4v) is 2.43. The largest absolute Gasteiger partial charge is 0.497 e. The van der Waals surface area contributed by atoms with Crippen LogP contribution in [-0.4, -0.2) is 21.6 Å². The zero-order chi connectivity index (χ0) is 16.0. The third kappa shape index (κ3) is 4.67. The third-order valence-corrected chi connectivity index (χ3v) is 3.56. The smallest absolute Gasteiger partial charge is 0.334 e. The van der Waals surface area contributed by atoms with Gasteiger partial charge in [0.15, 0.2) is 0 Å². The number of hydrogen-bond donors (Lipinski definition) is 3. The van der Waals surface area contributed by atoms with Gasteiger partial charge < -0.3 is 10.1 Å². The van der Waals surface area contributed by atoms with Crippen molar-refractivity contribution in [3.05, 3.63) is 54.6 Å². The number of hydrogen-bond acceptors (Lipinski definition) is 4. The molecule has 0 bridgehead atoms. The molecule has 2 rings (SSSR count). The molecule has 0 aliphatic carbocycles. The van der Waals surface area contributed by atoms with E-state index in [-0.39, 0.29) is 0 Å². The van der Waals surface area contributed by atoms with Crippen molar-refractivity contribution in [1.29, 1.82) is 0 Å². The highest BCUT2D eigenvalue weighted by molar-refractivity contribution is 7.91. The molecule has 0 aromatic heterocycles. The summed E-state index contributed by atoms with van der Waals surface area (Å²) in [7, 11) is -2.48. The van der Waals surface area contributed by atoms with Crippen molar-refractivity contribution in [3.63, 3.8) is 0 Å². The highest BCUT2D eigenvalue weighted by atomic mass is 32.2. The summed E-state index contributed by atoms with van der Waals surface area (Å²) in [5.74, 6) is 0.629. The Balaban J connectivity index is 1.95. The molecular formula is C14H15N3O4S. The Morgan fingerprint density at radius 1 is 0.955 bits per heavy atom. The molecule has 2 amide bonds. The molecule has 8 heteroatoms. The second kappa shape index (κ2) is 6.81. The average molecular weight is 321 g/mol. The van der Waals surface area contributed by atoms with Crippen molar-refractivity contribution in [2.75, 3.05) is 17.1 Å². The minimum Gasteiger partial charge on any atom is -0.497 e. The maximum absolute atomic E-state index is 11.8. The summed E-state index contributed by atoms with van der Waals surface area (Å²) < 4.78 is 32.7. The predicted octanol–water partition coefficient (Wildman–Crippen LogP) is 2.17. The standard InChI is InChI=1S/C14H15N3O4S/c1-21-13-9-7-11(8-10-13)15-14(18)17-22(19,20)16-12-5-3-2-4-6-12/h2-10,16H,1H3,(H2,15,17,18). The van der Waals surface area contributed by atoms with Crippen LogP contribution in [0.4, 0.5) is 16.2 Å². The van der Waals surface area contributed by atoms with Gasteiger partial charge in [0.05, 0.1) is 12.8 Å². The van der Waals surface area contributed by atoms with Crippen LogP contribution in [0.2, 0.25) is 0 Å². The van der Waals surface area contributed by atoms with Gasteiger partial charge in [0.2, 0.25) is 0 Å². The van der Waals surface area contributed by atoms with Gasteiger partial charge in [-0.1, -0.05) is 18.2 Å². The maximum atomic E-state index is 11.8. The van der Waals surface area contributed by atoms with Gasteiger partial charge in [0.25, 0.3) is 0 Å². The molecule has 2 aromatic carbocycles. The molecule has 0 spiro atoms. The van der Waals surface area contributed by atoms with E-state index in [1.807, 2.05) is 4.72 Å². The van der Waals surface area contributed by atoms with Crippen LogP contribution in [0.5, 0.6) is 5.75 Å². The van der Waals surface area contributed by atoms with E-state index in [0.717, 1.165) is 0 Å². The average Bonchev–Trinajstić information content (AvgIpc) is 2.47. The zero-order valence-electron chi connectivity index (χ0n) is 11.7. The van der Waals surface area contributed by atoms with Crippen molar-refractivity contribution in [2.45, 2.75) is 0 Å². The maximum Gasteiger partial charge on any atom is 0.334 e. The first-order valence-electron chi connectivity index (χ1n) is 6.29. The molecule has 0 fully saturated rings. The second-order valence-electron chi connectivity index (χ2n) is 4.26. The van der Waals surface area contributed by atoms with Crippen molar-refractivity contribution < 1.29 is 17.9 Å². The number of rotatable bonds is 5.